The largest absolute Gasteiger partial charge is 0.389 e. The summed E-state index contributed by atoms with van der Waals surface area (Å²) in [6.45, 7) is 8.48. The average Bonchev–Trinajstić information content (AvgIpc) is 2.26. The maximum atomic E-state index is 13.8. The van der Waals surface area contributed by atoms with Crippen LogP contribution in [0.15, 0.2) is 30.9 Å². The molecule has 0 saturated carbocycles. The third-order valence-electron chi connectivity index (χ3n) is 2.52. The number of benzene rings is 1. The summed E-state index contributed by atoms with van der Waals surface area (Å²) in [6.07, 6.45) is 1.05. The molecule has 0 saturated heterocycles. The molecule has 0 aliphatic carbocycles. The lowest BCUT2D eigenvalue weighted by atomic mass is 10.1. The zero-order valence-corrected chi connectivity index (χ0v) is 9.78. The lowest BCUT2D eigenvalue weighted by Gasteiger charge is -2.25. The topological polar surface area (TPSA) is 23.5 Å². The van der Waals surface area contributed by atoms with Crippen LogP contribution >= 0.6 is 0 Å². The molecule has 1 atom stereocenters. The van der Waals surface area contributed by atoms with E-state index >= 15 is 0 Å². The third-order valence-corrected chi connectivity index (χ3v) is 2.52. The van der Waals surface area contributed by atoms with Gasteiger partial charge in [-0.2, -0.15) is 0 Å². The van der Waals surface area contributed by atoms with Crippen LogP contribution in [0.2, 0.25) is 0 Å². The molecule has 1 rings (SSSR count). The van der Waals surface area contributed by atoms with Crippen molar-refractivity contribution in [1.82, 2.24) is 0 Å². The SMILES string of the molecule is C=CCN(CC)c1c(F)cccc1[C@H](C)O. The van der Waals surface area contributed by atoms with Crippen molar-refractivity contribution in [2.24, 2.45) is 0 Å². The summed E-state index contributed by atoms with van der Waals surface area (Å²) in [6, 6.07) is 4.77. The number of hydrogen-bond acceptors (Lipinski definition) is 2. The zero-order chi connectivity index (χ0) is 12.1. The first-order chi connectivity index (χ1) is 7.61. The number of hydrogen-bond donors (Lipinski definition) is 1. The van der Waals surface area contributed by atoms with E-state index in [1.54, 1.807) is 25.1 Å². The summed E-state index contributed by atoms with van der Waals surface area (Å²) in [7, 11) is 0. The molecular formula is C13H18FNO. The molecule has 3 heteroatoms. The third kappa shape index (κ3) is 2.61. The normalized spacial score (nSPS) is 12.2. The van der Waals surface area contributed by atoms with E-state index in [2.05, 4.69) is 6.58 Å². The second-order valence-electron chi connectivity index (χ2n) is 3.68. The van der Waals surface area contributed by atoms with Crippen molar-refractivity contribution >= 4 is 5.69 Å². The van der Waals surface area contributed by atoms with Crippen LogP contribution in [0.4, 0.5) is 10.1 Å². The molecule has 0 amide bonds. The van der Waals surface area contributed by atoms with E-state index in [1.165, 1.54) is 6.07 Å². The lowest BCUT2D eigenvalue weighted by Crippen LogP contribution is -2.25. The van der Waals surface area contributed by atoms with Gasteiger partial charge in [-0.05, 0) is 19.9 Å². The van der Waals surface area contributed by atoms with Gasteiger partial charge in [-0.3, -0.25) is 0 Å². The van der Waals surface area contributed by atoms with Gasteiger partial charge in [0.25, 0.3) is 0 Å². The summed E-state index contributed by atoms with van der Waals surface area (Å²) < 4.78 is 13.8. The van der Waals surface area contributed by atoms with Crippen LogP contribution in [0.5, 0.6) is 0 Å². The minimum Gasteiger partial charge on any atom is -0.389 e. The van der Waals surface area contributed by atoms with Crippen LogP contribution in [0, 0.1) is 5.82 Å². The molecular weight excluding hydrogens is 205 g/mol. The molecule has 0 aliphatic heterocycles. The molecule has 1 N–H and O–H groups in total. The second kappa shape index (κ2) is 5.66. The highest BCUT2D eigenvalue weighted by atomic mass is 19.1. The predicted octanol–water partition coefficient (Wildman–Crippen LogP) is 2.89. The molecule has 88 valence electrons. The number of halogens is 1. The van der Waals surface area contributed by atoms with Gasteiger partial charge in [-0.1, -0.05) is 18.2 Å². The fourth-order valence-electron chi connectivity index (χ4n) is 1.74. The van der Waals surface area contributed by atoms with Crippen molar-refractivity contribution in [3.8, 4) is 0 Å². The summed E-state index contributed by atoms with van der Waals surface area (Å²) in [5.41, 5.74) is 1.09. The standard InChI is InChI=1S/C13H18FNO/c1-4-9-15(5-2)13-11(10(3)16)7-6-8-12(13)14/h4,6-8,10,16H,1,5,9H2,2-3H3/t10-/m0/s1. The monoisotopic (exact) mass is 223 g/mol. The van der Waals surface area contributed by atoms with E-state index in [9.17, 15) is 9.50 Å². The summed E-state index contributed by atoms with van der Waals surface area (Å²) >= 11 is 0. The zero-order valence-electron chi connectivity index (χ0n) is 9.78. The number of nitrogens with zero attached hydrogens (tertiary/aromatic N) is 1. The first-order valence-electron chi connectivity index (χ1n) is 5.44. The molecule has 0 fully saturated rings. The number of para-hydroxylation sites is 1. The number of aliphatic hydroxyl groups is 1. The molecule has 0 spiro atoms. The molecule has 1 aromatic carbocycles. The maximum absolute atomic E-state index is 13.8. The molecule has 1 aromatic rings. The van der Waals surface area contributed by atoms with Gasteiger partial charge >= 0.3 is 0 Å². The van der Waals surface area contributed by atoms with Crippen LogP contribution in [0.25, 0.3) is 0 Å². The van der Waals surface area contributed by atoms with Crippen molar-refractivity contribution in [3.63, 3.8) is 0 Å². The average molecular weight is 223 g/mol. The van der Waals surface area contributed by atoms with Crippen LogP contribution in [-0.4, -0.2) is 18.2 Å². The van der Waals surface area contributed by atoms with Gasteiger partial charge < -0.3 is 10.0 Å². The first-order valence-corrected chi connectivity index (χ1v) is 5.44. The number of anilines is 1. The van der Waals surface area contributed by atoms with E-state index in [1.807, 2.05) is 11.8 Å². The fraction of sp³-hybridized carbons (Fsp3) is 0.385. The van der Waals surface area contributed by atoms with Crippen molar-refractivity contribution < 1.29 is 9.50 Å². The molecule has 0 heterocycles. The lowest BCUT2D eigenvalue weighted by molar-refractivity contribution is 0.199. The van der Waals surface area contributed by atoms with Gasteiger partial charge in [0, 0.05) is 18.7 Å². The van der Waals surface area contributed by atoms with Gasteiger partial charge in [0.05, 0.1) is 11.8 Å². The maximum Gasteiger partial charge on any atom is 0.146 e. The van der Waals surface area contributed by atoms with Crippen LogP contribution in [0.1, 0.15) is 25.5 Å². The van der Waals surface area contributed by atoms with E-state index in [0.29, 0.717) is 24.3 Å². The van der Waals surface area contributed by atoms with Crippen molar-refractivity contribution in [3.05, 3.63) is 42.2 Å². The van der Waals surface area contributed by atoms with Gasteiger partial charge in [-0.25, -0.2) is 4.39 Å². The molecule has 0 aromatic heterocycles. The highest BCUT2D eigenvalue weighted by Gasteiger charge is 2.16. The van der Waals surface area contributed by atoms with E-state index < -0.39 is 6.10 Å². The van der Waals surface area contributed by atoms with Crippen molar-refractivity contribution in [2.75, 3.05) is 18.0 Å². The predicted molar refractivity (Wildman–Crippen MR) is 65.1 cm³/mol. The highest BCUT2D eigenvalue weighted by Crippen LogP contribution is 2.29. The quantitative estimate of drug-likeness (QED) is 0.776. The van der Waals surface area contributed by atoms with Crippen LogP contribution in [0.3, 0.4) is 0 Å². The highest BCUT2D eigenvalue weighted by molar-refractivity contribution is 5.56. The fourth-order valence-corrected chi connectivity index (χ4v) is 1.74. The van der Waals surface area contributed by atoms with Gasteiger partial charge in [-0.15, -0.1) is 6.58 Å². The molecule has 0 bridgehead atoms. The van der Waals surface area contributed by atoms with Crippen molar-refractivity contribution in [1.29, 1.82) is 0 Å². The Bertz CT molecular complexity index is 363. The van der Waals surface area contributed by atoms with Gasteiger partial charge in [0.1, 0.15) is 5.82 Å². The van der Waals surface area contributed by atoms with E-state index in [-0.39, 0.29) is 5.82 Å². The van der Waals surface area contributed by atoms with Gasteiger partial charge in [0.2, 0.25) is 0 Å². The summed E-state index contributed by atoms with van der Waals surface area (Å²) in [5.74, 6) is -0.304. The Kier molecular flexibility index (Phi) is 4.50. The molecule has 0 aliphatic rings. The van der Waals surface area contributed by atoms with Gasteiger partial charge in [0.15, 0.2) is 0 Å². The minimum absolute atomic E-state index is 0.304. The summed E-state index contributed by atoms with van der Waals surface area (Å²) in [4.78, 5) is 1.85. The number of likely N-dealkylation sites (N-methyl/N-ethyl adjacent to an activating group) is 1. The molecule has 2 nitrogen and oxygen atoms in total. The van der Waals surface area contributed by atoms with Crippen LogP contribution in [-0.2, 0) is 0 Å². The molecule has 16 heavy (non-hydrogen) atoms. The Hall–Kier alpha value is -1.35. The molecule has 0 unspecified atom stereocenters. The number of aliphatic hydroxyl groups excluding tert-OH is 1. The second-order valence-corrected chi connectivity index (χ2v) is 3.68. The Labute approximate surface area is 96.0 Å². The summed E-state index contributed by atoms with van der Waals surface area (Å²) in [5, 5.41) is 9.62. The minimum atomic E-state index is -0.676. The Morgan fingerprint density at radius 2 is 2.25 bits per heavy atom. The smallest absolute Gasteiger partial charge is 0.146 e. The number of rotatable bonds is 5. The molecule has 0 radical (unpaired) electrons. The van der Waals surface area contributed by atoms with Crippen LogP contribution < -0.4 is 4.90 Å². The Morgan fingerprint density at radius 3 is 2.75 bits per heavy atom. The Balaban J connectivity index is 3.22. The van der Waals surface area contributed by atoms with Crippen molar-refractivity contribution in [2.45, 2.75) is 20.0 Å². The van der Waals surface area contributed by atoms with E-state index in [0.717, 1.165) is 0 Å². The Morgan fingerprint density at radius 1 is 1.56 bits per heavy atom. The first kappa shape index (κ1) is 12.7. The van der Waals surface area contributed by atoms with E-state index in [4.69, 9.17) is 0 Å².